The van der Waals surface area contributed by atoms with Crippen molar-refractivity contribution in [2.45, 2.75) is 77.4 Å². The predicted molar refractivity (Wildman–Crippen MR) is 108 cm³/mol. The molecule has 0 bridgehead atoms. The molecule has 1 aliphatic rings. The van der Waals surface area contributed by atoms with Crippen molar-refractivity contribution in [2.24, 2.45) is 0 Å². The molecule has 0 aliphatic carbocycles. The number of aromatic hydroxyl groups is 1. The number of phenolic OH excluding ortho intramolecular Hbond substituents is 1. The molecule has 1 heterocycles. The Hall–Kier alpha value is -1.27. The van der Waals surface area contributed by atoms with E-state index in [4.69, 9.17) is 0 Å². The van der Waals surface area contributed by atoms with Crippen LogP contribution in [-0.2, 0) is 10.8 Å². The Balaban J connectivity index is 2.56. The molecule has 1 aromatic rings. The Kier molecular flexibility index (Phi) is 6.76. The molecule has 2 rings (SSSR count). The van der Waals surface area contributed by atoms with E-state index in [0.717, 1.165) is 42.9 Å². The van der Waals surface area contributed by atoms with Crippen LogP contribution in [0.2, 0.25) is 0 Å². The second-order valence-electron chi connectivity index (χ2n) is 9.92. The molecule has 0 aromatic heterocycles. The minimum atomic E-state index is -4.18. The molecule has 160 valence electrons. The van der Waals surface area contributed by atoms with E-state index >= 15 is 0 Å². The third kappa shape index (κ3) is 5.86. The highest BCUT2D eigenvalue weighted by Crippen LogP contribution is 2.42. The molecule has 0 spiro atoms. The van der Waals surface area contributed by atoms with Gasteiger partial charge in [0.2, 0.25) is 0 Å². The molecule has 1 atom stereocenters. The minimum absolute atomic E-state index is 0.0292. The van der Waals surface area contributed by atoms with Gasteiger partial charge in [-0.3, -0.25) is 4.90 Å². The normalized spacial score (nSPS) is 18.3. The number of phenols is 1. The number of nitrogens with one attached hydrogen (secondary N) is 1. The first-order valence-corrected chi connectivity index (χ1v) is 10.1. The van der Waals surface area contributed by atoms with Crippen molar-refractivity contribution in [3.63, 3.8) is 0 Å². The van der Waals surface area contributed by atoms with Crippen LogP contribution in [0.3, 0.4) is 0 Å². The van der Waals surface area contributed by atoms with Gasteiger partial charge in [-0.25, -0.2) is 0 Å². The van der Waals surface area contributed by atoms with Crippen LogP contribution in [0.1, 0.15) is 77.1 Å². The maximum atomic E-state index is 13.0. The molecule has 3 nitrogen and oxygen atoms in total. The molecule has 0 saturated carbocycles. The van der Waals surface area contributed by atoms with Crippen LogP contribution in [0, 0.1) is 0 Å². The molecule has 0 amide bonds. The lowest BCUT2D eigenvalue weighted by Crippen LogP contribution is -2.45. The average Bonchev–Trinajstić information content (AvgIpc) is 2.54. The summed E-state index contributed by atoms with van der Waals surface area (Å²) < 4.78 is 39.1. The summed E-state index contributed by atoms with van der Waals surface area (Å²) in [6.07, 6.45) is -4.96. The number of alkyl halides is 3. The van der Waals surface area contributed by atoms with E-state index in [0.29, 0.717) is 0 Å². The summed E-state index contributed by atoms with van der Waals surface area (Å²) in [7, 11) is 0. The molecular weight excluding hydrogens is 365 g/mol. The van der Waals surface area contributed by atoms with Crippen LogP contribution in [0.5, 0.6) is 5.75 Å². The Morgan fingerprint density at radius 2 is 1.43 bits per heavy atom. The smallest absolute Gasteiger partial charge is 0.389 e. The Morgan fingerprint density at radius 1 is 0.964 bits per heavy atom. The molecular formula is C22H35F3N2O. The van der Waals surface area contributed by atoms with Crippen LogP contribution in [-0.4, -0.2) is 42.4 Å². The summed E-state index contributed by atoms with van der Waals surface area (Å²) in [4.78, 5) is 2.15. The molecule has 2 N–H and O–H groups in total. The number of hydrogen-bond donors (Lipinski definition) is 2. The largest absolute Gasteiger partial charge is 0.507 e. The molecule has 1 saturated heterocycles. The van der Waals surface area contributed by atoms with E-state index < -0.39 is 12.6 Å². The van der Waals surface area contributed by atoms with Crippen molar-refractivity contribution in [1.29, 1.82) is 0 Å². The zero-order chi connectivity index (χ0) is 21.3. The first-order valence-electron chi connectivity index (χ1n) is 10.1. The lowest BCUT2D eigenvalue weighted by atomic mass is 9.77. The van der Waals surface area contributed by atoms with Gasteiger partial charge in [0, 0.05) is 38.6 Å². The topological polar surface area (TPSA) is 35.5 Å². The molecule has 1 fully saturated rings. The minimum Gasteiger partial charge on any atom is -0.507 e. The molecule has 1 aromatic carbocycles. The van der Waals surface area contributed by atoms with Gasteiger partial charge in [0.25, 0.3) is 0 Å². The predicted octanol–water partition coefficient (Wildman–Crippen LogP) is 5.28. The highest BCUT2D eigenvalue weighted by atomic mass is 19.4. The maximum absolute atomic E-state index is 13.0. The van der Waals surface area contributed by atoms with E-state index in [9.17, 15) is 18.3 Å². The second kappa shape index (κ2) is 8.23. The zero-order valence-electron chi connectivity index (χ0n) is 18.0. The summed E-state index contributed by atoms with van der Waals surface area (Å²) in [5, 5.41) is 14.2. The van der Waals surface area contributed by atoms with Crippen LogP contribution in [0.4, 0.5) is 13.2 Å². The Bertz CT molecular complexity index is 631. The summed E-state index contributed by atoms with van der Waals surface area (Å²) >= 11 is 0. The second-order valence-corrected chi connectivity index (χ2v) is 9.92. The van der Waals surface area contributed by atoms with Gasteiger partial charge in [0.15, 0.2) is 0 Å². The van der Waals surface area contributed by atoms with Crippen molar-refractivity contribution >= 4 is 0 Å². The Labute approximate surface area is 167 Å². The SMILES string of the molecule is CC(C)(C)c1cc([C@@H](CCC(F)(F)F)N2CCNCC2)cc(C(C)(C)C)c1O. The van der Waals surface area contributed by atoms with Crippen LogP contribution < -0.4 is 5.32 Å². The number of nitrogens with zero attached hydrogens (tertiary/aromatic N) is 1. The molecule has 6 heteroatoms. The van der Waals surface area contributed by atoms with Gasteiger partial charge in [-0.1, -0.05) is 41.5 Å². The van der Waals surface area contributed by atoms with Crippen LogP contribution >= 0.6 is 0 Å². The fourth-order valence-electron chi connectivity index (χ4n) is 3.85. The van der Waals surface area contributed by atoms with E-state index in [1.54, 1.807) is 0 Å². The lowest BCUT2D eigenvalue weighted by Gasteiger charge is -2.37. The lowest BCUT2D eigenvalue weighted by molar-refractivity contribution is -0.138. The molecule has 0 unspecified atom stereocenters. The first-order chi connectivity index (χ1) is 12.7. The van der Waals surface area contributed by atoms with Crippen LogP contribution in [0.25, 0.3) is 0 Å². The van der Waals surface area contributed by atoms with Gasteiger partial charge in [-0.15, -0.1) is 0 Å². The van der Waals surface area contributed by atoms with Gasteiger partial charge in [-0.2, -0.15) is 13.2 Å². The van der Waals surface area contributed by atoms with Crippen LogP contribution in [0.15, 0.2) is 12.1 Å². The third-order valence-electron chi connectivity index (χ3n) is 5.43. The number of benzene rings is 1. The van der Waals surface area contributed by atoms with E-state index in [1.165, 1.54) is 0 Å². The zero-order valence-corrected chi connectivity index (χ0v) is 18.0. The average molecular weight is 401 g/mol. The summed E-state index contributed by atoms with van der Waals surface area (Å²) in [6.45, 7) is 15.1. The van der Waals surface area contributed by atoms with Crippen molar-refractivity contribution in [3.8, 4) is 5.75 Å². The third-order valence-corrected chi connectivity index (χ3v) is 5.43. The summed E-state index contributed by atoms with van der Waals surface area (Å²) in [5.41, 5.74) is 1.85. The maximum Gasteiger partial charge on any atom is 0.389 e. The number of halogens is 3. The van der Waals surface area contributed by atoms with Crippen molar-refractivity contribution in [1.82, 2.24) is 10.2 Å². The summed E-state index contributed by atoms with van der Waals surface area (Å²) in [6, 6.07) is 3.54. The standard InChI is InChI=1S/C22H35F3N2O/c1-20(2,3)16-13-15(14-17(19(16)28)21(4,5)6)18(7-8-22(23,24)25)27-11-9-26-10-12-27/h13-14,18,26,28H,7-12H2,1-6H3/t18-/m1/s1. The fraction of sp³-hybridized carbons (Fsp3) is 0.727. The van der Waals surface area contributed by atoms with E-state index in [1.807, 2.05) is 53.7 Å². The van der Waals surface area contributed by atoms with Gasteiger partial charge in [-0.05, 0) is 46.1 Å². The van der Waals surface area contributed by atoms with E-state index in [-0.39, 0.29) is 29.0 Å². The highest BCUT2D eigenvalue weighted by molar-refractivity contribution is 5.50. The molecule has 28 heavy (non-hydrogen) atoms. The van der Waals surface area contributed by atoms with Gasteiger partial charge >= 0.3 is 6.18 Å². The first kappa shape index (κ1) is 23.0. The Morgan fingerprint density at radius 3 is 1.82 bits per heavy atom. The summed E-state index contributed by atoms with van der Waals surface area (Å²) in [5.74, 6) is 0.263. The quantitative estimate of drug-likeness (QED) is 0.722. The number of hydrogen-bond acceptors (Lipinski definition) is 3. The van der Waals surface area contributed by atoms with E-state index in [2.05, 4.69) is 10.2 Å². The van der Waals surface area contributed by atoms with Gasteiger partial charge in [0.05, 0.1) is 0 Å². The number of piperazine rings is 1. The highest BCUT2D eigenvalue weighted by Gasteiger charge is 2.33. The van der Waals surface area contributed by atoms with Crippen molar-refractivity contribution in [2.75, 3.05) is 26.2 Å². The van der Waals surface area contributed by atoms with Gasteiger partial charge < -0.3 is 10.4 Å². The molecule has 1 aliphatic heterocycles. The van der Waals surface area contributed by atoms with Gasteiger partial charge in [0.1, 0.15) is 5.75 Å². The molecule has 0 radical (unpaired) electrons. The fourth-order valence-corrected chi connectivity index (χ4v) is 3.85. The monoisotopic (exact) mass is 400 g/mol. The van der Waals surface area contributed by atoms with Crippen molar-refractivity contribution in [3.05, 3.63) is 28.8 Å². The van der Waals surface area contributed by atoms with Crippen molar-refractivity contribution < 1.29 is 18.3 Å². The number of rotatable bonds is 4.